The van der Waals surface area contributed by atoms with Crippen LogP contribution in [0.1, 0.15) is 37.0 Å². The average Bonchev–Trinajstić information content (AvgIpc) is 3.00. The van der Waals surface area contributed by atoms with Gasteiger partial charge in [-0.05, 0) is 49.1 Å². The van der Waals surface area contributed by atoms with Gasteiger partial charge in [0.25, 0.3) is 0 Å². The second-order valence-electron chi connectivity index (χ2n) is 7.61. The second kappa shape index (κ2) is 7.71. The molecule has 1 aliphatic carbocycles. The molecule has 1 saturated heterocycles. The van der Waals surface area contributed by atoms with Gasteiger partial charge in [-0.1, -0.05) is 30.3 Å². The number of rotatable bonds is 4. The van der Waals surface area contributed by atoms with Crippen molar-refractivity contribution in [1.29, 1.82) is 0 Å². The molecule has 1 fully saturated rings. The first kappa shape index (κ1) is 18.0. The highest BCUT2D eigenvalue weighted by molar-refractivity contribution is 5.88. The molecule has 0 radical (unpaired) electrons. The molecule has 0 spiro atoms. The minimum absolute atomic E-state index is 0.0286. The van der Waals surface area contributed by atoms with E-state index in [-0.39, 0.29) is 24.1 Å². The zero-order chi connectivity index (χ0) is 18.8. The first-order chi connectivity index (χ1) is 13.1. The summed E-state index contributed by atoms with van der Waals surface area (Å²) in [5.74, 6) is 0.688. The average molecular weight is 365 g/mol. The van der Waals surface area contributed by atoms with Crippen molar-refractivity contribution in [2.24, 2.45) is 5.73 Å². The first-order valence-electron chi connectivity index (χ1n) is 9.72. The van der Waals surface area contributed by atoms with Crippen molar-refractivity contribution in [2.75, 3.05) is 18.4 Å². The van der Waals surface area contributed by atoms with E-state index in [1.165, 1.54) is 18.1 Å². The van der Waals surface area contributed by atoms with Crippen LogP contribution >= 0.6 is 0 Å². The van der Waals surface area contributed by atoms with Gasteiger partial charge in [-0.25, -0.2) is 0 Å². The van der Waals surface area contributed by atoms with Crippen molar-refractivity contribution in [3.05, 3.63) is 59.7 Å². The quantitative estimate of drug-likeness (QED) is 0.874. The zero-order valence-electron chi connectivity index (χ0n) is 15.7. The molecule has 2 aromatic rings. The number of carbonyl (C=O) groups is 1. The molecule has 1 amide bonds. The van der Waals surface area contributed by atoms with E-state index in [2.05, 4.69) is 34.5 Å². The highest BCUT2D eigenvalue weighted by Gasteiger charge is 2.39. The molecule has 27 heavy (non-hydrogen) atoms. The van der Waals surface area contributed by atoms with Crippen molar-refractivity contribution in [2.45, 2.75) is 44.4 Å². The van der Waals surface area contributed by atoms with Crippen LogP contribution in [-0.2, 0) is 11.2 Å². The molecule has 4 rings (SSSR count). The molecular formula is C22H27N3O2. The van der Waals surface area contributed by atoms with E-state index in [1.807, 2.05) is 24.3 Å². The van der Waals surface area contributed by atoms with Crippen molar-refractivity contribution < 1.29 is 9.53 Å². The molecule has 3 atom stereocenters. The summed E-state index contributed by atoms with van der Waals surface area (Å²) >= 11 is 0. The Morgan fingerprint density at radius 2 is 2.07 bits per heavy atom. The lowest BCUT2D eigenvalue weighted by molar-refractivity contribution is -0.114. The number of ether oxygens (including phenoxy) is 1. The number of nitrogens with two attached hydrogens (primary N) is 1. The minimum Gasteiger partial charge on any atom is -0.484 e. The summed E-state index contributed by atoms with van der Waals surface area (Å²) in [6.45, 7) is 3.50. The first-order valence-corrected chi connectivity index (χ1v) is 9.72. The highest BCUT2D eigenvalue weighted by atomic mass is 16.5. The largest absolute Gasteiger partial charge is 0.484 e. The molecule has 1 heterocycles. The minimum atomic E-state index is -0.0847. The number of amides is 1. The van der Waals surface area contributed by atoms with Crippen molar-refractivity contribution in [3.63, 3.8) is 0 Å². The summed E-state index contributed by atoms with van der Waals surface area (Å²) in [5.41, 5.74) is 9.60. The van der Waals surface area contributed by atoms with Gasteiger partial charge in [-0.3, -0.25) is 9.69 Å². The van der Waals surface area contributed by atoms with E-state index < -0.39 is 0 Å². The molecule has 5 nitrogen and oxygen atoms in total. The Morgan fingerprint density at radius 3 is 2.89 bits per heavy atom. The fourth-order valence-corrected chi connectivity index (χ4v) is 4.34. The van der Waals surface area contributed by atoms with Gasteiger partial charge in [0.2, 0.25) is 5.91 Å². The van der Waals surface area contributed by atoms with E-state index >= 15 is 0 Å². The molecule has 3 N–H and O–H groups in total. The molecular weight excluding hydrogens is 338 g/mol. The number of anilines is 1. The van der Waals surface area contributed by atoms with Crippen LogP contribution in [0.3, 0.4) is 0 Å². The van der Waals surface area contributed by atoms with Crippen LogP contribution in [0, 0.1) is 0 Å². The van der Waals surface area contributed by atoms with Crippen molar-refractivity contribution in [1.82, 2.24) is 4.90 Å². The Kier molecular flexibility index (Phi) is 5.14. The van der Waals surface area contributed by atoms with Crippen LogP contribution in [0.4, 0.5) is 5.69 Å². The van der Waals surface area contributed by atoms with Crippen LogP contribution in [0.15, 0.2) is 48.5 Å². The Labute approximate surface area is 160 Å². The van der Waals surface area contributed by atoms with E-state index in [0.717, 1.165) is 43.8 Å². The maximum absolute atomic E-state index is 11.4. The number of benzene rings is 2. The number of nitrogens with one attached hydrogen (secondary N) is 1. The predicted octanol–water partition coefficient (Wildman–Crippen LogP) is 3.11. The Balaban J connectivity index is 1.60. The summed E-state index contributed by atoms with van der Waals surface area (Å²) in [4.78, 5) is 13.8. The van der Waals surface area contributed by atoms with Gasteiger partial charge in [0.1, 0.15) is 11.9 Å². The molecule has 0 bridgehead atoms. The van der Waals surface area contributed by atoms with Gasteiger partial charge in [0.05, 0.1) is 6.04 Å². The standard InChI is InChI=1S/C22H27N3O2/c1-15(26)24-18-8-4-9-19(13-18)27-22-20-10-3-2-6-16(20)12-21(22)25-11-5-7-17(23)14-25/h2-4,6,8-10,13,17,21-22H,5,7,11-12,14,23H2,1H3,(H,24,26)/t17-,21?,22?/m1/s1. The monoisotopic (exact) mass is 365 g/mol. The highest BCUT2D eigenvalue weighted by Crippen LogP contribution is 2.39. The van der Waals surface area contributed by atoms with Gasteiger partial charge in [0.15, 0.2) is 0 Å². The molecule has 2 aromatic carbocycles. The summed E-state index contributed by atoms with van der Waals surface area (Å²) in [7, 11) is 0. The zero-order valence-corrected chi connectivity index (χ0v) is 15.7. The summed E-state index contributed by atoms with van der Waals surface area (Å²) in [6.07, 6.45) is 3.19. The van der Waals surface area contributed by atoms with Crippen molar-refractivity contribution >= 4 is 11.6 Å². The molecule has 1 aliphatic heterocycles. The van der Waals surface area contributed by atoms with Gasteiger partial charge in [0, 0.05) is 31.3 Å². The van der Waals surface area contributed by atoms with Crippen LogP contribution in [0.2, 0.25) is 0 Å². The Morgan fingerprint density at radius 1 is 1.22 bits per heavy atom. The summed E-state index contributed by atoms with van der Waals surface area (Å²) < 4.78 is 6.49. The number of nitrogens with zero attached hydrogens (tertiary/aromatic N) is 1. The summed E-state index contributed by atoms with van der Waals surface area (Å²) in [5, 5.41) is 2.82. The van der Waals surface area contributed by atoms with Crippen LogP contribution in [-0.4, -0.2) is 36.0 Å². The lowest BCUT2D eigenvalue weighted by Crippen LogP contribution is -2.49. The smallest absolute Gasteiger partial charge is 0.221 e. The molecule has 2 aliphatic rings. The number of hydrogen-bond donors (Lipinski definition) is 2. The topological polar surface area (TPSA) is 67.6 Å². The van der Waals surface area contributed by atoms with Crippen LogP contribution in [0.25, 0.3) is 0 Å². The summed E-state index contributed by atoms with van der Waals surface area (Å²) in [6, 6.07) is 16.7. The molecule has 2 unspecified atom stereocenters. The van der Waals surface area contributed by atoms with Crippen LogP contribution in [0.5, 0.6) is 5.75 Å². The Hall–Kier alpha value is -2.37. The third kappa shape index (κ3) is 3.99. The fraction of sp³-hybridized carbons (Fsp3) is 0.409. The van der Waals surface area contributed by atoms with Gasteiger partial charge >= 0.3 is 0 Å². The third-order valence-electron chi connectivity index (χ3n) is 5.52. The fourth-order valence-electron chi connectivity index (χ4n) is 4.34. The van der Waals surface area contributed by atoms with Crippen molar-refractivity contribution in [3.8, 4) is 5.75 Å². The van der Waals surface area contributed by atoms with E-state index in [0.29, 0.717) is 0 Å². The predicted molar refractivity (Wildman–Crippen MR) is 107 cm³/mol. The second-order valence-corrected chi connectivity index (χ2v) is 7.61. The maximum atomic E-state index is 11.4. The third-order valence-corrected chi connectivity index (χ3v) is 5.52. The number of carbonyl (C=O) groups excluding carboxylic acids is 1. The molecule has 142 valence electrons. The molecule has 0 aromatic heterocycles. The van der Waals surface area contributed by atoms with E-state index in [1.54, 1.807) is 0 Å². The number of fused-ring (bicyclic) bond motifs is 1. The maximum Gasteiger partial charge on any atom is 0.221 e. The van der Waals surface area contributed by atoms with Crippen LogP contribution < -0.4 is 15.8 Å². The van der Waals surface area contributed by atoms with Gasteiger partial charge in [-0.2, -0.15) is 0 Å². The van der Waals surface area contributed by atoms with Gasteiger partial charge in [-0.15, -0.1) is 0 Å². The molecule has 5 heteroatoms. The lowest BCUT2D eigenvalue weighted by atomic mass is 10.0. The van der Waals surface area contributed by atoms with Gasteiger partial charge < -0.3 is 15.8 Å². The van der Waals surface area contributed by atoms with E-state index in [9.17, 15) is 4.79 Å². The number of piperidine rings is 1. The SMILES string of the molecule is CC(=O)Nc1cccc(OC2c3ccccc3CC2N2CCC[C@@H](N)C2)c1. The molecule has 0 saturated carbocycles. The lowest BCUT2D eigenvalue weighted by Gasteiger charge is -2.38. The number of hydrogen-bond acceptors (Lipinski definition) is 4. The normalized spacial score (nSPS) is 25.0. The Bertz CT molecular complexity index is 823. The van der Waals surface area contributed by atoms with E-state index in [4.69, 9.17) is 10.5 Å². The number of likely N-dealkylation sites (tertiary alicyclic amines) is 1.